The van der Waals surface area contributed by atoms with E-state index in [-0.39, 0.29) is 6.54 Å². The van der Waals surface area contributed by atoms with Crippen LogP contribution in [0, 0.1) is 0 Å². The molecule has 0 atom stereocenters. The Morgan fingerprint density at radius 2 is 2.10 bits per heavy atom. The number of nitrogens with zero attached hydrogens (tertiary/aromatic N) is 4. The first-order valence-corrected chi connectivity index (χ1v) is 6.45. The molecule has 0 radical (unpaired) electrons. The number of aromatic nitrogens is 3. The Bertz CT molecular complexity index is 633. The van der Waals surface area contributed by atoms with E-state index < -0.39 is 12.0 Å². The summed E-state index contributed by atoms with van der Waals surface area (Å²) in [6.07, 6.45) is -2.88. The monoisotopic (exact) mass is 301 g/mol. The summed E-state index contributed by atoms with van der Waals surface area (Å²) in [5.41, 5.74) is 6.39. The van der Waals surface area contributed by atoms with Gasteiger partial charge < -0.3 is 14.7 Å². The van der Waals surface area contributed by atoms with E-state index in [1.54, 1.807) is 6.26 Å². The van der Waals surface area contributed by atoms with Crippen LogP contribution in [-0.2, 0) is 32.4 Å². The normalized spacial score (nSPS) is 16.2. The third kappa shape index (κ3) is 2.79. The molecule has 0 saturated heterocycles. The summed E-state index contributed by atoms with van der Waals surface area (Å²) in [5.74, 6) is 0.124. The van der Waals surface area contributed by atoms with Gasteiger partial charge in [0, 0.05) is 25.2 Å². The van der Waals surface area contributed by atoms with Gasteiger partial charge >= 0.3 is 6.18 Å². The molecule has 2 aromatic rings. The SMILES string of the molecule is NCc1coc(CN2CCn3c(nnc3C(F)(F)F)C2)c1. The number of halogens is 3. The number of fused-ring (bicyclic) bond motifs is 1. The van der Waals surface area contributed by atoms with E-state index in [9.17, 15) is 13.2 Å². The zero-order valence-electron chi connectivity index (χ0n) is 11.1. The average Bonchev–Trinajstić information content (AvgIpc) is 3.03. The molecule has 2 N–H and O–H groups in total. The number of furan rings is 1. The average molecular weight is 301 g/mol. The van der Waals surface area contributed by atoms with Gasteiger partial charge in [-0.3, -0.25) is 4.90 Å². The summed E-state index contributed by atoms with van der Waals surface area (Å²) in [6.45, 7) is 1.90. The van der Waals surface area contributed by atoms with Crippen molar-refractivity contribution in [3.63, 3.8) is 0 Å². The van der Waals surface area contributed by atoms with E-state index in [4.69, 9.17) is 10.2 Å². The summed E-state index contributed by atoms with van der Waals surface area (Å²) in [6, 6.07) is 1.85. The molecule has 9 heteroatoms. The van der Waals surface area contributed by atoms with Gasteiger partial charge in [0.25, 0.3) is 0 Å². The highest BCUT2D eigenvalue weighted by Gasteiger charge is 2.39. The molecule has 0 spiro atoms. The summed E-state index contributed by atoms with van der Waals surface area (Å²) < 4.78 is 44.7. The molecule has 0 bridgehead atoms. The number of rotatable bonds is 3. The zero-order valence-corrected chi connectivity index (χ0v) is 11.1. The molecule has 2 aromatic heterocycles. The van der Waals surface area contributed by atoms with Gasteiger partial charge in [-0.2, -0.15) is 13.2 Å². The first kappa shape index (κ1) is 14.1. The number of nitrogens with two attached hydrogens (primary N) is 1. The molecular weight excluding hydrogens is 287 g/mol. The second-order valence-electron chi connectivity index (χ2n) is 4.93. The maximum absolute atomic E-state index is 12.7. The fraction of sp³-hybridized carbons (Fsp3) is 0.500. The van der Waals surface area contributed by atoms with E-state index >= 15 is 0 Å². The Hall–Kier alpha value is -1.87. The van der Waals surface area contributed by atoms with Crippen molar-refractivity contribution in [2.45, 2.75) is 32.4 Å². The van der Waals surface area contributed by atoms with Gasteiger partial charge in [0.15, 0.2) is 0 Å². The molecule has 114 valence electrons. The molecule has 0 saturated carbocycles. The van der Waals surface area contributed by atoms with E-state index in [0.29, 0.717) is 32.0 Å². The van der Waals surface area contributed by atoms with Crippen LogP contribution in [-0.4, -0.2) is 26.2 Å². The molecule has 3 heterocycles. The summed E-state index contributed by atoms with van der Waals surface area (Å²) in [7, 11) is 0. The lowest BCUT2D eigenvalue weighted by Crippen LogP contribution is -2.34. The Kier molecular flexibility index (Phi) is 3.46. The van der Waals surface area contributed by atoms with Gasteiger partial charge in [0.05, 0.1) is 19.4 Å². The predicted octanol–water partition coefficient (Wildman–Crippen LogP) is 1.36. The smallest absolute Gasteiger partial charge is 0.451 e. The molecule has 0 fully saturated rings. The van der Waals surface area contributed by atoms with Crippen LogP contribution in [0.4, 0.5) is 13.2 Å². The lowest BCUT2D eigenvalue weighted by Gasteiger charge is -2.27. The minimum Gasteiger partial charge on any atom is -0.468 e. The van der Waals surface area contributed by atoms with Crippen molar-refractivity contribution >= 4 is 0 Å². The number of hydrogen-bond donors (Lipinski definition) is 1. The Labute approximate surface area is 118 Å². The zero-order chi connectivity index (χ0) is 15.0. The van der Waals surface area contributed by atoms with E-state index in [2.05, 4.69) is 10.2 Å². The highest BCUT2D eigenvalue weighted by molar-refractivity contribution is 5.12. The first-order valence-electron chi connectivity index (χ1n) is 6.45. The Morgan fingerprint density at radius 1 is 1.29 bits per heavy atom. The van der Waals surface area contributed by atoms with E-state index in [0.717, 1.165) is 15.9 Å². The fourth-order valence-corrected chi connectivity index (χ4v) is 2.39. The molecule has 0 aliphatic carbocycles. The van der Waals surface area contributed by atoms with E-state index in [1.807, 2.05) is 11.0 Å². The maximum Gasteiger partial charge on any atom is 0.451 e. The molecule has 0 amide bonds. The van der Waals surface area contributed by atoms with Gasteiger partial charge in [-0.05, 0) is 6.07 Å². The first-order chi connectivity index (χ1) is 9.97. The quantitative estimate of drug-likeness (QED) is 0.927. The maximum atomic E-state index is 12.7. The van der Waals surface area contributed by atoms with Crippen LogP contribution in [0.2, 0.25) is 0 Å². The van der Waals surface area contributed by atoms with Crippen molar-refractivity contribution in [3.8, 4) is 0 Å². The lowest BCUT2D eigenvalue weighted by molar-refractivity contribution is -0.148. The third-order valence-electron chi connectivity index (χ3n) is 3.41. The topological polar surface area (TPSA) is 73.1 Å². The number of alkyl halides is 3. The van der Waals surface area contributed by atoms with Gasteiger partial charge in [-0.25, -0.2) is 0 Å². The second kappa shape index (κ2) is 5.15. The van der Waals surface area contributed by atoms with Crippen molar-refractivity contribution in [1.29, 1.82) is 0 Å². The molecule has 3 rings (SSSR count). The van der Waals surface area contributed by atoms with Crippen molar-refractivity contribution in [3.05, 3.63) is 35.3 Å². The molecule has 0 aromatic carbocycles. The van der Waals surface area contributed by atoms with Crippen LogP contribution in [0.5, 0.6) is 0 Å². The Balaban J connectivity index is 1.72. The summed E-state index contributed by atoms with van der Waals surface area (Å²) in [4.78, 5) is 1.96. The minimum atomic E-state index is -4.47. The van der Waals surface area contributed by atoms with Crippen LogP contribution in [0.1, 0.15) is 23.0 Å². The fourth-order valence-electron chi connectivity index (χ4n) is 2.39. The van der Waals surface area contributed by atoms with Gasteiger partial charge in [-0.1, -0.05) is 0 Å². The van der Waals surface area contributed by atoms with Gasteiger partial charge in [-0.15, -0.1) is 10.2 Å². The predicted molar refractivity (Wildman–Crippen MR) is 65.7 cm³/mol. The molecule has 1 aliphatic rings. The van der Waals surface area contributed by atoms with Crippen LogP contribution in [0.25, 0.3) is 0 Å². The summed E-state index contributed by atoms with van der Waals surface area (Å²) >= 11 is 0. The van der Waals surface area contributed by atoms with Gasteiger partial charge in [0.1, 0.15) is 11.6 Å². The molecule has 0 unspecified atom stereocenters. The molecule has 1 aliphatic heterocycles. The van der Waals surface area contributed by atoms with Crippen molar-refractivity contribution in [2.24, 2.45) is 5.73 Å². The van der Waals surface area contributed by atoms with Crippen LogP contribution < -0.4 is 5.73 Å². The highest BCUT2D eigenvalue weighted by atomic mass is 19.4. The highest BCUT2D eigenvalue weighted by Crippen LogP contribution is 2.29. The Morgan fingerprint density at radius 3 is 2.76 bits per heavy atom. The van der Waals surface area contributed by atoms with Crippen molar-refractivity contribution < 1.29 is 17.6 Å². The van der Waals surface area contributed by atoms with Crippen LogP contribution >= 0.6 is 0 Å². The second-order valence-corrected chi connectivity index (χ2v) is 4.93. The van der Waals surface area contributed by atoms with Crippen LogP contribution in [0.15, 0.2) is 16.7 Å². The third-order valence-corrected chi connectivity index (χ3v) is 3.41. The molecular formula is C12H14F3N5O. The van der Waals surface area contributed by atoms with Gasteiger partial charge in [0.2, 0.25) is 5.82 Å². The van der Waals surface area contributed by atoms with Crippen LogP contribution in [0.3, 0.4) is 0 Å². The minimum absolute atomic E-state index is 0.210. The molecule has 6 nitrogen and oxygen atoms in total. The summed E-state index contributed by atoms with van der Waals surface area (Å²) in [5, 5.41) is 6.89. The van der Waals surface area contributed by atoms with E-state index in [1.165, 1.54) is 0 Å². The largest absolute Gasteiger partial charge is 0.468 e. The van der Waals surface area contributed by atoms with Crippen molar-refractivity contribution in [1.82, 2.24) is 19.7 Å². The lowest BCUT2D eigenvalue weighted by atomic mass is 10.3. The van der Waals surface area contributed by atoms with Crippen molar-refractivity contribution in [2.75, 3.05) is 6.54 Å². The molecule has 21 heavy (non-hydrogen) atoms. The number of hydrogen-bond acceptors (Lipinski definition) is 5. The standard InChI is InChI=1S/C12H14F3N5O/c13-12(14,15)11-18-17-10-6-19(1-2-20(10)11)5-9-3-8(4-16)7-21-9/h3,7H,1-2,4-6,16H2.